The molecule has 0 unspecified atom stereocenters. The van der Waals surface area contributed by atoms with Gasteiger partial charge in [-0.2, -0.15) is 8.42 Å². The van der Waals surface area contributed by atoms with Gasteiger partial charge in [-0.15, -0.1) is 0 Å². The van der Waals surface area contributed by atoms with Crippen LogP contribution in [0.1, 0.15) is 19.8 Å². The van der Waals surface area contributed by atoms with Crippen LogP contribution in [0.4, 0.5) is 17.1 Å². The second-order valence-electron chi connectivity index (χ2n) is 6.63. The van der Waals surface area contributed by atoms with E-state index in [1.54, 1.807) is 0 Å². The molecule has 0 saturated carbocycles. The van der Waals surface area contributed by atoms with E-state index in [1.807, 2.05) is 0 Å². The molecular formula is C23H28NO3S+. The van der Waals surface area contributed by atoms with E-state index in [2.05, 4.69) is 97.9 Å². The van der Waals surface area contributed by atoms with Crippen LogP contribution < -0.4 is 4.48 Å². The number of unbranched alkanes of at least 4 members (excludes halogenated alkanes) is 1. The van der Waals surface area contributed by atoms with Gasteiger partial charge in [0.05, 0.1) is 12.8 Å². The highest BCUT2D eigenvalue weighted by Gasteiger charge is 2.35. The lowest BCUT2D eigenvalue weighted by molar-refractivity contribution is 0.490. The number of quaternary nitrogens is 1. The minimum atomic E-state index is -3.67. The van der Waals surface area contributed by atoms with Gasteiger partial charge in [-0.05, 0) is 42.8 Å². The summed E-state index contributed by atoms with van der Waals surface area (Å²) >= 11 is 0. The zero-order valence-corrected chi connectivity index (χ0v) is 17.2. The van der Waals surface area contributed by atoms with Crippen LogP contribution in [0.5, 0.6) is 0 Å². The highest BCUT2D eigenvalue weighted by molar-refractivity contribution is 7.85. The zero-order chi connectivity index (χ0) is 20.5. The lowest BCUT2D eigenvalue weighted by atomic mass is 10.1. The maximum absolute atomic E-state index is 9.19. The van der Waals surface area contributed by atoms with Crippen molar-refractivity contribution < 1.29 is 13.0 Å². The molecule has 28 heavy (non-hydrogen) atoms. The van der Waals surface area contributed by atoms with Gasteiger partial charge >= 0.3 is 0 Å². The SMILES string of the molecule is CCCC[N+](c1ccccc1)(c1ccccc1)c1ccccc1.CS(=O)(=O)O. The number of hydrogen-bond acceptors (Lipinski definition) is 2. The summed E-state index contributed by atoms with van der Waals surface area (Å²) < 4.78 is 26.6. The van der Waals surface area contributed by atoms with Crippen molar-refractivity contribution in [3.63, 3.8) is 0 Å². The highest BCUT2D eigenvalue weighted by atomic mass is 32.2. The topological polar surface area (TPSA) is 54.4 Å². The second-order valence-corrected chi connectivity index (χ2v) is 8.09. The molecule has 0 aromatic heterocycles. The Labute approximate surface area is 168 Å². The number of hydrogen-bond donors (Lipinski definition) is 1. The molecule has 0 aliphatic carbocycles. The summed E-state index contributed by atoms with van der Waals surface area (Å²) in [6.07, 6.45) is 3.08. The second kappa shape index (κ2) is 10.2. The van der Waals surface area contributed by atoms with Crippen LogP contribution in [0.2, 0.25) is 0 Å². The zero-order valence-electron chi connectivity index (χ0n) is 16.4. The Morgan fingerprint density at radius 1 is 0.714 bits per heavy atom. The third-order valence-electron chi connectivity index (χ3n) is 4.44. The Morgan fingerprint density at radius 3 is 1.25 bits per heavy atom. The molecule has 0 heterocycles. The molecule has 5 heteroatoms. The van der Waals surface area contributed by atoms with Gasteiger partial charge in [-0.25, -0.2) is 4.48 Å². The molecule has 0 aliphatic rings. The number of nitrogens with zero attached hydrogens (tertiary/aromatic N) is 1. The van der Waals surface area contributed by atoms with E-state index in [0.29, 0.717) is 6.26 Å². The summed E-state index contributed by atoms with van der Waals surface area (Å²) in [7, 11) is -3.67. The van der Waals surface area contributed by atoms with Crippen LogP contribution in [0.15, 0.2) is 91.0 Å². The van der Waals surface area contributed by atoms with Crippen molar-refractivity contribution in [1.29, 1.82) is 0 Å². The third kappa shape index (κ3) is 6.02. The molecule has 0 fully saturated rings. The van der Waals surface area contributed by atoms with E-state index < -0.39 is 10.1 Å². The Morgan fingerprint density at radius 2 is 1.00 bits per heavy atom. The van der Waals surface area contributed by atoms with Crippen LogP contribution in [0.25, 0.3) is 0 Å². The van der Waals surface area contributed by atoms with E-state index in [1.165, 1.54) is 29.9 Å². The van der Waals surface area contributed by atoms with Gasteiger partial charge in [0.1, 0.15) is 17.1 Å². The smallest absolute Gasteiger partial charge is 0.261 e. The average molecular weight is 399 g/mol. The molecule has 0 saturated heterocycles. The molecule has 0 bridgehead atoms. The van der Waals surface area contributed by atoms with E-state index in [4.69, 9.17) is 4.55 Å². The molecule has 1 N–H and O–H groups in total. The maximum Gasteiger partial charge on any atom is 0.261 e. The molecule has 0 radical (unpaired) electrons. The molecule has 0 aliphatic heterocycles. The Bertz CT molecular complexity index is 823. The fourth-order valence-electron chi connectivity index (χ4n) is 3.28. The predicted octanol–water partition coefficient (Wildman–Crippen LogP) is 5.96. The Balaban J connectivity index is 0.000000500. The predicted molar refractivity (Wildman–Crippen MR) is 118 cm³/mol. The van der Waals surface area contributed by atoms with E-state index in [-0.39, 0.29) is 0 Å². The van der Waals surface area contributed by atoms with Crippen molar-refractivity contribution >= 4 is 27.2 Å². The Hall–Kier alpha value is -2.47. The fraction of sp³-hybridized carbons (Fsp3) is 0.217. The van der Waals surface area contributed by atoms with Crippen LogP contribution in [-0.4, -0.2) is 25.8 Å². The lowest BCUT2D eigenvalue weighted by Crippen LogP contribution is -2.39. The minimum absolute atomic E-state index is 0.715. The van der Waals surface area contributed by atoms with Gasteiger partial charge in [0, 0.05) is 0 Å². The summed E-state index contributed by atoms with van der Waals surface area (Å²) in [5.74, 6) is 0. The number of rotatable bonds is 6. The molecule has 3 aromatic rings. The molecule has 3 aromatic carbocycles. The van der Waals surface area contributed by atoms with Crippen LogP contribution in [0.3, 0.4) is 0 Å². The lowest BCUT2D eigenvalue weighted by Gasteiger charge is -2.37. The highest BCUT2D eigenvalue weighted by Crippen LogP contribution is 2.43. The van der Waals surface area contributed by atoms with Gasteiger partial charge in [0.15, 0.2) is 0 Å². The first kappa shape index (κ1) is 21.8. The number of benzene rings is 3. The summed E-state index contributed by atoms with van der Waals surface area (Å²) in [6.45, 7) is 3.32. The number of para-hydroxylation sites is 3. The van der Waals surface area contributed by atoms with Gasteiger partial charge in [-0.3, -0.25) is 4.55 Å². The van der Waals surface area contributed by atoms with Crippen LogP contribution in [0, 0.1) is 0 Å². The quantitative estimate of drug-likeness (QED) is 0.412. The van der Waals surface area contributed by atoms with Crippen LogP contribution >= 0.6 is 0 Å². The normalized spacial score (nSPS) is 11.4. The minimum Gasteiger partial charge on any atom is -0.286 e. The first-order valence-electron chi connectivity index (χ1n) is 9.35. The van der Waals surface area contributed by atoms with Crippen molar-refractivity contribution in [3.05, 3.63) is 91.0 Å². The average Bonchev–Trinajstić information content (AvgIpc) is 2.70. The first-order chi connectivity index (χ1) is 13.4. The summed E-state index contributed by atoms with van der Waals surface area (Å²) in [4.78, 5) is 0. The van der Waals surface area contributed by atoms with Crippen molar-refractivity contribution in [2.75, 3.05) is 12.8 Å². The summed E-state index contributed by atoms with van der Waals surface area (Å²) in [5.41, 5.74) is 3.95. The molecule has 148 valence electrons. The monoisotopic (exact) mass is 398 g/mol. The van der Waals surface area contributed by atoms with Gasteiger partial charge in [0.25, 0.3) is 10.1 Å². The van der Waals surface area contributed by atoms with Crippen molar-refractivity contribution in [3.8, 4) is 0 Å². The van der Waals surface area contributed by atoms with E-state index >= 15 is 0 Å². The summed E-state index contributed by atoms with van der Waals surface area (Å²) in [5, 5.41) is 0. The van der Waals surface area contributed by atoms with E-state index in [9.17, 15) is 8.42 Å². The van der Waals surface area contributed by atoms with Crippen molar-refractivity contribution in [2.24, 2.45) is 0 Å². The van der Waals surface area contributed by atoms with Gasteiger partial charge < -0.3 is 0 Å². The van der Waals surface area contributed by atoms with Crippen molar-refractivity contribution in [2.45, 2.75) is 19.8 Å². The molecule has 4 nitrogen and oxygen atoms in total. The molecule has 0 spiro atoms. The summed E-state index contributed by atoms with van der Waals surface area (Å²) in [6, 6.07) is 32.6. The van der Waals surface area contributed by atoms with Gasteiger partial charge in [-0.1, -0.05) is 67.9 Å². The largest absolute Gasteiger partial charge is 0.286 e. The standard InChI is InChI=1S/C22H24N.CH4O3S/c1-2-3-19-23(20-13-7-4-8-14-20,21-15-9-5-10-16-21)22-17-11-6-12-18-22;1-5(2,3)4/h4-18H,2-3,19H2,1H3;1H3,(H,2,3,4)/q+1;. The van der Waals surface area contributed by atoms with Crippen molar-refractivity contribution in [1.82, 2.24) is 4.48 Å². The first-order valence-corrected chi connectivity index (χ1v) is 11.2. The Kier molecular flexibility index (Phi) is 7.93. The molecule has 0 atom stereocenters. The maximum atomic E-state index is 9.19. The van der Waals surface area contributed by atoms with Gasteiger partial charge in [0.2, 0.25) is 0 Å². The molecule has 3 rings (SSSR count). The van der Waals surface area contributed by atoms with Crippen LogP contribution in [-0.2, 0) is 10.1 Å². The third-order valence-corrected chi connectivity index (χ3v) is 4.44. The molecular weight excluding hydrogens is 370 g/mol. The molecule has 0 amide bonds. The fourth-order valence-corrected chi connectivity index (χ4v) is 3.28. The van der Waals surface area contributed by atoms with E-state index in [0.717, 1.165) is 11.0 Å².